The van der Waals surface area contributed by atoms with Gasteiger partial charge >= 0.3 is 5.97 Å². The Kier molecular flexibility index (Phi) is 4.32. The van der Waals surface area contributed by atoms with Crippen LogP contribution in [0.1, 0.15) is 42.5 Å². The van der Waals surface area contributed by atoms with Crippen LogP contribution in [0.25, 0.3) is 10.8 Å². The van der Waals surface area contributed by atoms with Crippen LogP contribution >= 0.6 is 0 Å². The molecule has 114 valence electrons. The number of hydrogen-bond acceptors (Lipinski definition) is 4. The Hall–Kier alpha value is -2.43. The molecule has 1 heterocycles. The molecule has 1 amide bonds. The Labute approximate surface area is 128 Å². The zero-order valence-electron chi connectivity index (χ0n) is 12.2. The molecule has 1 aromatic carbocycles. The average molecular weight is 298 g/mol. The van der Waals surface area contributed by atoms with Gasteiger partial charge in [0.25, 0.3) is 5.91 Å². The van der Waals surface area contributed by atoms with Gasteiger partial charge in [0.2, 0.25) is 0 Å². The number of aromatic nitrogens is 1. The lowest BCUT2D eigenvalue weighted by Crippen LogP contribution is -2.33. The number of carbonyl (C=O) groups excluding carboxylic acids is 2. The third-order valence-electron chi connectivity index (χ3n) is 4.10. The number of benzene rings is 1. The molecule has 0 saturated heterocycles. The number of fused-ring (bicyclic) bond motifs is 1. The molecule has 0 radical (unpaired) electrons. The Morgan fingerprint density at radius 2 is 1.91 bits per heavy atom. The second-order valence-electron chi connectivity index (χ2n) is 5.63. The van der Waals surface area contributed by atoms with Crippen molar-refractivity contribution in [1.82, 2.24) is 10.5 Å². The van der Waals surface area contributed by atoms with Crippen molar-refractivity contribution in [3.8, 4) is 0 Å². The van der Waals surface area contributed by atoms with Gasteiger partial charge in [0, 0.05) is 23.7 Å². The number of hydroxylamine groups is 1. The van der Waals surface area contributed by atoms with E-state index >= 15 is 0 Å². The minimum Gasteiger partial charge on any atom is -0.335 e. The number of rotatable bonds is 2. The quantitative estimate of drug-likeness (QED) is 0.865. The van der Waals surface area contributed by atoms with Gasteiger partial charge in [0.15, 0.2) is 0 Å². The van der Waals surface area contributed by atoms with Gasteiger partial charge in [0.05, 0.1) is 5.56 Å². The highest BCUT2D eigenvalue weighted by molar-refractivity contribution is 5.95. The standard InChI is InChI=1S/C17H18N2O3/c20-16(12-4-2-1-3-5-12)19-22-17(21)14-6-7-15-11-18-9-8-13(15)10-14/h6-12H,1-5H2,(H,19,20). The van der Waals surface area contributed by atoms with Gasteiger partial charge in [-0.15, -0.1) is 0 Å². The molecule has 0 bridgehead atoms. The van der Waals surface area contributed by atoms with E-state index in [2.05, 4.69) is 10.5 Å². The summed E-state index contributed by atoms with van der Waals surface area (Å²) >= 11 is 0. The summed E-state index contributed by atoms with van der Waals surface area (Å²) < 4.78 is 0. The lowest BCUT2D eigenvalue weighted by Gasteiger charge is -2.20. The van der Waals surface area contributed by atoms with E-state index in [1.807, 2.05) is 12.1 Å². The van der Waals surface area contributed by atoms with E-state index in [-0.39, 0.29) is 11.8 Å². The Morgan fingerprint density at radius 1 is 1.09 bits per heavy atom. The van der Waals surface area contributed by atoms with Gasteiger partial charge in [-0.25, -0.2) is 4.79 Å². The molecular weight excluding hydrogens is 280 g/mol. The molecule has 1 saturated carbocycles. The van der Waals surface area contributed by atoms with Gasteiger partial charge < -0.3 is 4.84 Å². The maximum atomic E-state index is 12.0. The number of nitrogens with one attached hydrogen (secondary N) is 1. The van der Waals surface area contributed by atoms with E-state index in [1.165, 1.54) is 6.42 Å². The minimum atomic E-state index is -0.553. The van der Waals surface area contributed by atoms with E-state index in [9.17, 15) is 9.59 Å². The SMILES string of the molecule is O=C(ONC(=O)C1CCCCC1)c1ccc2cnccc2c1. The summed E-state index contributed by atoms with van der Waals surface area (Å²) in [7, 11) is 0. The summed E-state index contributed by atoms with van der Waals surface area (Å²) in [5.74, 6) is -0.787. The Bertz CT molecular complexity index is 693. The van der Waals surface area contributed by atoms with E-state index in [4.69, 9.17) is 4.84 Å². The molecule has 5 nitrogen and oxygen atoms in total. The molecule has 1 aliphatic rings. The van der Waals surface area contributed by atoms with Crippen molar-refractivity contribution < 1.29 is 14.4 Å². The predicted molar refractivity (Wildman–Crippen MR) is 81.9 cm³/mol. The van der Waals surface area contributed by atoms with Crippen molar-refractivity contribution in [2.45, 2.75) is 32.1 Å². The second kappa shape index (κ2) is 6.56. The molecule has 22 heavy (non-hydrogen) atoms. The number of nitrogens with zero attached hydrogens (tertiary/aromatic N) is 1. The maximum absolute atomic E-state index is 12.0. The summed E-state index contributed by atoms with van der Waals surface area (Å²) in [5.41, 5.74) is 2.70. The normalized spacial score (nSPS) is 15.5. The van der Waals surface area contributed by atoms with E-state index in [0.717, 1.165) is 36.5 Å². The van der Waals surface area contributed by atoms with Crippen molar-refractivity contribution in [2.75, 3.05) is 0 Å². The van der Waals surface area contributed by atoms with Crippen LogP contribution in [-0.4, -0.2) is 16.9 Å². The fourth-order valence-electron chi connectivity index (χ4n) is 2.81. The number of carbonyl (C=O) groups is 2. The fraction of sp³-hybridized carbons (Fsp3) is 0.353. The fourth-order valence-corrected chi connectivity index (χ4v) is 2.81. The van der Waals surface area contributed by atoms with Crippen LogP contribution in [0.2, 0.25) is 0 Å². The number of pyridine rings is 1. The number of hydrogen-bond donors (Lipinski definition) is 1. The van der Waals surface area contributed by atoms with Crippen molar-refractivity contribution in [2.24, 2.45) is 5.92 Å². The summed E-state index contributed by atoms with van der Waals surface area (Å²) in [5, 5.41) is 1.85. The van der Waals surface area contributed by atoms with Crippen LogP contribution in [0.4, 0.5) is 0 Å². The summed E-state index contributed by atoms with van der Waals surface area (Å²) in [6.07, 6.45) is 8.43. The molecule has 1 aliphatic carbocycles. The van der Waals surface area contributed by atoms with Crippen LogP contribution in [-0.2, 0) is 9.63 Å². The van der Waals surface area contributed by atoms with E-state index in [1.54, 1.807) is 24.5 Å². The predicted octanol–water partition coefficient (Wildman–Crippen LogP) is 3.00. The molecule has 5 heteroatoms. The smallest absolute Gasteiger partial charge is 0.335 e. The molecule has 1 aromatic heterocycles. The summed E-state index contributed by atoms with van der Waals surface area (Å²) in [4.78, 5) is 32.9. The first kappa shape index (κ1) is 14.5. The van der Waals surface area contributed by atoms with Gasteiger partial charge in [-0.1, -0.05) is 25.3 Å². The van der Waals surface area contributed by atoms with Crippen molar-refractivity contribution >= 4 is 22.6 Å². The first-order valence-corrected chi connectivity index (χ1v) is 7.59. The third kappa shape index (κ3) is 3.24. The summed E-state index contributed by atoms with van der Waals surface area (Å²) in [6, 6.07) is 7.03. The highest BCUT2D eigenvalue weighted by Gasteiger charge is 2.22. The van der Waals surface area contributed by atoms with Crippen LogP contribution in [0.5, 0.6) is 0 Å². The second-order valence-corrected chi connectivity index (χ2v) is 5.63. The van der Waals surface area contributed by atoms with Crippen LogP contribution in [0, 0.1) is 5.92 Å². The van der Waals surface area contributed by atoms with Crippen LogP contribution in [0.15, 0.2) is 36.7 Å². The molecule has 1 fully saturated rings. The summed E-state index contributed by atoms with van der Waals surface area (Å²) in [6.45, 7) is 0. The third-order valence-corrected chi connectivity index (χ3v) is 4.10. The molecular formula is C17H18N2O3. The van der Waals surface area contributed by atoms with Gasteiger partial charge in [0.1, 0.15) is 0 Å². The van der Waals surface area contributed by atoms with Crippen LogP contribution in [0.3, 0.4) is 0 Å². The zero-order chi connectivity index (χ0) is 15.4. The first-order chi connectivity index (χ1) is 10.7. The molecule has 2 aromatic rings. The Morgan fingerprint density at radius 3 is 2.73 bits per heavy atom. The van der Waals surface area contributed by atoms with E-state index < -0.39 is 5.97 Å². The topological polar surface area (TPSA) is 68.3 Å². The van der Waals surface area contributed by atoms with Crippen molar-refractivity contribution in [1.29, 1.82) is 0 Å². The van der Waals surface area contributed by atoms with Crippen molar-refractivity contribution in [3.63, 3.8) is 0 Å². The molecule has 3 rings (SSSR count). The largest absolute Gasteiger partial charge is 0.362 e. The molecule has 0 atom stereocenters. The number of amides is 1. The Balaban J connectivity index is 1.61. The molecule has 0 unspecified atom stereocenters. The monoisotopic (exact) mass is 298 g/mol. The average Bonchev–Trinajstić information content (AvgIpc) is 2.59. The highest BCUT2D eigenvalue weighted by Crippen LogP contribution is 2.23. The minimum absolute atomic E-state index is 0.0378. The van der Waals surface area contributed by atoms with Gasteiger partial charge in [-0.2, -0.15) is 5.48 Å². The highest BCUT2D eigenvalue weighted by atomic mass is 16.7. The zero-order valence-corrected chi connectivity index (χ0v) is 12.2. The molecule has 0 spiro atoms. The maximum Gasteiger partial charge on any atom is 0.362 e. The lowest BCUT2D eigenvalue weighted by molar-refractivity contribution is -0.135. The van der Waals surface area contributed by atoms with E-state index in [0.29, 0.717) is 5.56 Å². The molecule has 1 N–H and O–H groups in total. The molecule has 0 aliphatic heterocycles. The van der Waals surface area contributed by atoms with Gasteiger partial charge in [-0.05, 0) is 36.4 Å². The van der Waals surface area contributed by atoms with Crippen molar-refractivity contribution in [3.05, 3.63) is 42.2 Å². The van der Waals surface area contributed by atoms with Crippen LogP contribution < -0.4 is 5.48 Å². The lowest BCUT2D eigenvalue weighted by atomic mass is 9.89. The van der Waals surface area contributed by atoms with Gasteiger partial charge in [-0.3, -0.25) is 9.78 Å². The first-order valence-electron chi connectivity index (χ1n) is 7.59.